The normalized spacial score (nSPS) is 11.7. The Morgan fingerprint density at radius 2 is 1.89 bits per heavy atom. The number of hydrogen-bond donors (Lipinski definition) is 0. The molecule has 1 atom stereocenters. The maximum Gasteiger partial charge on any atom is 0.347 e. The highest BCUT2D eigenvalue weighted by Crippen LogP contribution is 2.09. The number of esters is 2. The Kier molecular flexibility index (Phi) is 5.91. The van der Waals surface area contributed by atoms with E-state index in [1.807, 2.05) is 30.3 Å². The van der Waals surface area contributed by atoms with Gasteiger partial charge in [-0.05, 0) is 25.3 Å². The first-order valence-corrected chi connectivity index (χ1v) is 6.01. The Balaban J connectivity index is 2.55. The van der Waals surface area contributed by atoms with Gasteiger partial charge in [0.25, 0.3) is 0 Å². The van der Waals surface area contributed by atoms with Crippen LogP contribution in [0.4, 0.5) is 0 Å². The van der Waals surface area contributed by atoms with Crippen molar-refractivity contribution in [2.24, 2.45) is 0 Å². The molecule has 0 bridgehead atoms. The third-order valence-corrected chi connectivity index (χ3v) is 2.40. The summed E-state index contributed by atoms with van der Waals surface area (Å²) < 4.78 is 9.85. The SMILES string of the molecule is CCOC(=O)C(CCc1ccccc1)OC(C)=O. The number of carbonyl (C=O) groups is 2. The Morgan fingerprint density at radius 1 is 1.22 bits per heavy atom. The molecule has 0 fully saturated rings. The summed E-state index contributed by atoms with van der Waals surface area (Å²) in [5.74, 6) is -0.954. The maximum absolute atomic E-state index is 11.6. The van der Waals surface area contributed by atoms with Crippen molar-refractivity contribution in [3.63, 3.8) is 0 Å². The third kappa shape index (κ3) is 4.99. The molecule has 1 unspecified atom stereocenters. The van der Waals surface area contributed by atoms with Crippen molar-refractivity contribution in [2.45, 2.75) is 32.8 Å². The second-order valence-corrected chi connectivity index (χ2v) is 3.87. The molecule has 0 spiro atoms. The standard InChI is InChI=1S/C14H18O4/c1-3-17-14(16)13(18-11(2)15)10-9-12-7-5-4-6-8-12/h4-8,13H,3,9-10H2,1-2H3. The van der Waals surface area contributed by atoms with E-state index in [0.717, 1.165) is 5.56 Å². The van der Waals surface area contributed by atoms with Crippen LogP contribution in [0.1, 0.15) is 25.8 Å². The van der Waals surface area contributed by atoms with Crippen LogP contribution in [-0.4, -0.2) is 24.6 Å². The lowest BCUT2D eigenvalue weighted by Gasteiger charge is -2.15. The van der Waals surface area contributed by atoms with Crippen LogP contribution < -0.4 is 0 Å². The lowest BCUT2D eigenvalue weighted by atomic mass is 10.1. The minimum Gasteiger partial charge on any atom is -0.463 e. The van der Waals surface area contributed by atoms with Crippen molar-refractivity contribution in [3.05, 3.63) is 35.9 Å². The summed E-state index contributed by atoms with van der Waals surface area (Å²) in [6, 6.07) is 9.73. The van der Waals surface area contributed by atoms with Crippen LogP contribution >= 0.6 is 0 Å². The van der Waals surface area contributed by atoms with Crippen LogP contribution in [0.2, 0.25) is 0 Å². The molecule has 0 aliphatic carbocycles. The van der Waals surface area contributed by atoms with E-state index >= 15 is 0 Å². The van der Waals surface area contributed by atoms with Crippen LogP contribution in [0.15, 0.2) is 30.3 Å². The van der Waals surface area contributed by atoms with Gasteiger partial charge >= 0.3 is 11.9 Å². The Labute approximate surface area is 107 Å². The van der Waals surface area contributed by atoms with E-state index in [0.29, 0.717) is 12.8 Å². The van der Waals surface area contributed by atoms with Gasteiger partial charge in [-0.1, -0.05) is 30.3 Å². The molecule has 0 radical (unpaired) electrons. The van der Waals surface area contributed by atoms with Crippen molar-refractivity contribution in [1.82, 2.24) is 0 Å². The molecule has 4 nitrogen and oxygen atoms in total. The molecule has 0 N–H and O–H groups in total. The lowest BCUT2D eigenvalue weighted by molar-refractivity contribution is -0.166. The Morgan fingerprint density at radius 3 is 2.44 bits per heavy atom. The van der Waals surface area contributed by atoms with Crippen LogP contribution in [0, 0.1) is 0 Å². The van der Waals surface area contributed by atoms with E-state index in [2.05, 4.69) is 0 Å². The molecule has 0 aromatic heterocycles. The molecule has 0 amide bonds. The molecular weight excluding hydrogens is 232 g/mol. The second-order valence-electron chi connectivity index (χ2n) is 3.87. The molecule has 1 aromatic carbocycles. The summed E-state index contributed by atoms with van der Waals surface area (Å²) in [5.41, 5.74) is 1.10. The van der Waals surface area contributed by atoms with Gasteiger partial charge in [0, 0.05) is 6.92 Å². The molecule has 1 rings (SSSR count). The molecule has 0 aliphatic heterocycles. The third-order valence-electron chi connectivity index (χ3n) is 2.40. The van der Waals surface area contributed by atoms with E-state index in [4.69, 9.17) is 9.47 Å². The van der Waals surface area contributed by atoms with Crippen LogP contribution in [0.5, 0.6) is 0 Å². The predicted octanol–water partition coefficient (Wildman–Crippen LogP) is 2.11. The number of benzene rings is 1. The molecule has 0 aliphatic rings. The fraction of sp³-hybridized carbons (Fsp3) is 0.429. The largest absolute Gasteiger partial charge is 0.463 e. The monoisotopic (exact) mass is 250 g/mol. The van der Waals surface area contributed by atoms with E-state index in [1.54, 1.807) is 6.92 Å². The minimum atomic E-state index is -0.817. The first-order valence-electron chi connectivity index (χ1n) is 6.01. The summed E-state index contributed by atoms with van der Waals surface area (Å²) in [5, 5.41) is 0. The predicted molar refractivity (Wildman–Crippen MR) is 67.0 cm³/mol. The molecule has 98 valence electrons. The molecule has 0 saturated heterocycles. The minimum absolute atomic E-state index is 0.280. The van der Waals surface area contributed by atoms with Gasteiger partial charge in [0.05, 0.1) is 6.61 Å². The molecular formula is C14H18O4. The quantitative estimate of drug-likeness (QED) is 0.726. The zero-order chi connectivity index (χ0) is 13.4. The van der Waals surface area contributed by atoms with Gasteiger partial charge in [-0.2, -0.15) is 0 Å². The Bertz CT molecular complexity index is 386. The van der Waals surface area contributed by atoms with Gasteiger partial charge in [-0.25, -0.2) is 4.79 Å². The van der Waals surface area contributed by atoms with Crippen molar-refractivity contribution >= 4 is 11.9 Å². The van der Waals surface area contributed by atoms with E-state index < -0.39 is 18.0 Å². The highest BCUT2D eigenvalue weighted by Gasteiger charge is 2.22. The molecule has 18 heavy (non-hydrogen) atoms. The van der Waals surface area contributed by atoms with Gasteiger partial charge in [-0.15, -0.1) is 0 Å². The van der Waals surface area contributed by atoms with Gasteiger partial charge in [0.15, 0.2) is 6.10 Å². The second kappa shape index (κ2) is 7.48. The summed E-state index contributed by atoms with van der Waals surface area (Å²) in [4.78, 5) is 22.5. The topological polar surface area (TPSA) is 52.6 Å². The zero-order valence-electron chi connectivity index (χ0n) is 10.7. The van der Waals surface area contributed by atoms with Crippen LogP contribution in [0.25, 0.3) is 0 Å². The van der Waals surface area contributed by atoms with Crippen LogP contribution in [0.3, 0.4) is 0 Å². The van der Waals surface area contributed by atoms with Gasteiger partial charge in [0.2, 0.25) is 0 Å². The van der Waals surface area contributed by atoms with E-state index in [9.17, 15) is 9.59 Å². The molecule has 0 saturated carbocycles. The van der Waals surface area contributed by atoms with E-state index in [1.165, 1.54) is 6.92 Å². The number of carbonyl (C=O) groups excluding carboxylic acids is 2. The summed E-state index contributed by atoms with van der Waals surface area (Å²) in [7, 11) is 0. The summed E-state index contributed by atoms with van der Waals surface area (Å²) >= 11 is 0. The average molecular weight is 250 g/mol. The fourth-order valence-corrected chi connectivity index (χ4v) is 1.60. The maximum atomic E-state index is 11.6. The van der Waals surface area contributed by atoms with Crippen LogP contribution in [-0.2, 0) is 25.5 Å². The number of aryl methyl sites for hydroxylation is 1. The lowest BCUT2D eigenvalue weighted by Crippen LogP contribution is -2.29. The van der Waals surface area contributed by atoms with Crippen molar-refractivity contribution in [2.75, 3.05) is 6.61 Å². The zero-order valence-corrected chi connectivity index (χ0v) is 10.7. The highest BCUT2D eigenvalue weighted by molar-refractivity contribution is 5.78. The van der Waals surface area contributed by atoms with Crippen molar-refractivity contribution < 1.29 is 19.1 Å². The number of rotatable bonds is 6. The molecule has 1 aromatic rings. The van der Waals surface area contributed by atoms with Crippen molar-refractivity contribution in [3.8, 4) is 0 Å². The van der Waals surface area contributed by atoms with Gasteiger partial charge < -0.3 is 9.47 Å². The smallest absolute Gasteiger partial charge is 0.347 e. The molecule has 0 heterocycles. The number of hydrogen-bond acceptors (Lipinski definition) is 4. The van der Waals surface area contributed by atoms with Gasteiger partial charge in [0.1, 0.15) is 0 Å². The fourth-order valence-electron chi connectivity index (χ4n) is 1.60. The van der Waals surface area contributed by atoms with E-state index in [-0.39, 0.29) is 6.61 Å². The van der Waals surface area contributed by atoms with Gasteiger partial charge in [-0.3, -0.25) is 4.79 Å². The highest BCUT2D eigenvalue weighted by atomic mass is 16.6. The van der Waals surface area contributed by atoms with Crippen molar-refractivity contribution in [1.29, 1.82) is 0 Å². The Hall–Kier alpha value is -1.84. The first-order chi connectivity index (χ1) is 8.63. The number of ether oxygens (including phenoxy) is 2. The summed E-state index contributed by atoms with van der Waals surface area (Å²) in [6.45, 7) is 3.29. The molecule has 4 heteroatoms. The first kappa shape index (κ1) is 14.2. The average Bonchev–Trinajstić information content (AvgIpc) is 2.35. The summed E-state index contributed by atoms with van der Waals surface area (Å²) in [6.07, 6.45) is 0.280.